The van der Waals surface area contributed by atoms with Gasteiger partial charge in [0.25, 0.3) is 0 Å². The van der Waals surface area contributed by atoms with Gasteiger partial charge in [0.15, 0.2) is 0 Å². The van der Waals surface area contributed by atoms with E-state index in [-0.39, 0.29) is 5.41 Å². The molecule has 0 fully saturated rings. The summed E-state index contributed by atoms with van der Waals surface area (Å²) in [4.78, 5) is 0. The lowest BCUT2D eigenvalue weighted by molar-refractivity contribution is 0.195. The molecule has 1 spiro atoms. The molecule has 1 heteroatoms. The number of ether oxygens (including phenoxy) is 1. The van der Waals surface area contributed by atoms with Crippen molar-refractivity contribution >= 4 is 0 Å². The summed E-state index contributed by atoms with van der Waals surface area (Å²) in [6.07, 6.45) is 6.11. The number of hydrogen-bond acceptors (Lipinski definition) is 1. The Labute approximate surface area is 133 Å². The van der Waals surface area contributed by atoms with Crippen LogP contribution >= 0.6 is 0 Å². The second kappa shape index (κ2) is 5.15. The molecule has 114 valence electrons. The quantitative estimate of drug-likeness (QED) is 0.671. The molecule has 0 radical (unpaired) electrons. The van der Waals surface area contributed by atoms with E-state index in [1.807, 2.05) is 0 Å². The van der Waals surface area contributed by atoms with Crippen molar-refractivity contribution in [3.8, 4) is 5.75 Å². The monoisotopic (exact) mass is 292 g/mol. The summed E-state index contributed by atoms with van der Waals surface area (Å²) in [6.45, 7) is 5.20. The van der Waals surface area contributed by atoms with Crippen LogP contribution in [0.1, 0.15) is 47.1 Å². The lowest BCUT2D eigenvalue weighted by Gasteiger charge is -2.38. The van der Waals surface area contributed by atoms with Gasteiger partial charge < -0.3 is 4.74 Å². The minimum Gasteiger partial charge on any atom is -0.492 e. The van der Waals surface area contributed by atoms with E-state index in [1.54, 1.807) is 11.1 Å². The SMILES string of the molecule is Cc1ccc2c(c1)CC[C@@]1(CCCc3cc(C)ccc31)CO2. The molecule has 0 saturated carbocycles. The van der Waals surface area contributed by atoms with E-state index in [0.717, 1.165) is 18.8 Å². The lowest BCUT2D eigenvalue weighted by atomic mass is 9.67. The second-order valence-corrected chi connectivity index (χ2v) is 7.19. The van der Waals surface area contributed by atoms with Crippen LogP contribution in [0.4, 0.5) is 0 Å². The van der Waals surface area contributed by atoms with Gasteiger partial charge in [-0.15, -0.1) is 0 Å². The highest BCUT2D eigenvalue weighted by molar-refractivity contribution is 5.43. The maximum Gasteiger partial charge on any atom is 0.122 e. The van der Waals surface area contributed by atoms with E-state index >= 15 is 0 Å². The number of fused-ring (bicyclic) bond motifs is 3. The highest BCUT2D eigenvalue weighted by atomic mass is 16.5. The minimum atomic E-state index is 0.216. The summed E-state index contributed by atoms with van der Waals surface area (Å²) in [7, 11) is 0. The molecule has 0 bridgehead atoms. The summed E-state index contributed by atoms with van der Waals surface area (Å²) in [5.41, 5.74) is 7.41. The first-order chi connectivity index (χ1) is 10.7. The molecule has 1 aliphatic heterocycles. The van der Waals surface area contributed by atoms with Crippen molar-refractivity contribution < 1.29 is 4.74 Å². The van der Waals surface area contributed by atoms with Gasteiger partial charge in [-0.25, -0.2) is 0 Å². The Morgan fingerprint density at radius 1 is 0.864 bits per heavy atom. The van der Waals surface area contributed by atoms with Crippen LogP contribution in [0.5, 0.6) is 5.75 Å². The second-order valence-electron chi connectivity index (χ2n) is 7.19. The molecule has 2 aromatic rings. The summed E-state index contributed by atoms with van der Waals surface area (Å²) in [5.74, 6) is 1.10. The smallest absolute Gasteiger partial charge is 0.122 e. The first-order valence-electron chi connectivity index (χ1n) is 8.49. The molecule has 2 aromatic carbocycles. The topological polar surface area (TPSA) is 9.23 Å². The third kappa shape index (κ3) is 2.24. The Balaban J connectivity index is 1.73. The number of hydrogen-bond donors (Lipinski definition) is 0. The standard InChI is InChI=1S/C21H24O/c1-15-5-7-19-17(12-15)4-3-10-21(19)11-9-18-13-16(2)6-8-20(18)22-14-21/h5-8,12-13H,3-4,9-11,14H2,1-2H3/t21-/m0/s1. The number of benzene rings is 2. The molecule has 1 aliphatic carbocycles. The molecule has 22 heavy (non-hydrogen) atoms. The fourth-order valence-corrected chi connectivity index (χ4v) is 4.31. The molecular formula is C21H24O. The van der Waals surface area contributed by atoms with Gasteiger partial charge in [-0.1, -0.05) is 41.5 Å². The third-order valence-electron chi connectivity index (χ3n) is 5.53. The third-order valence-corrected chi connectivity index (χ3v) is 5.53. The van der Waals surface area contributed by atoms with Crippen molar-refractivity contribution in [2.75, 3.05) is 6.61 Å². The molecule has 0 amide bonds. The van der Waals surface area contributed by atoms with Crippen molar-refractivity contribution in [3.05, 3.63) is 64.2 Å². The number of aryl methyl sites for hydroxylation is 4. The zero-order valence-corrected chi connectivity index (χ0v) is 13.6. The highest BCUT2D eigenvalue weighted by Crippen LogP contribution is 2.44. The van der Waals surface area contributed by atoms with Gasteiger partial charge in [-0.3, -0.25) is 0 Å². The van der Waals surface area contributed by atoms with Crippen LogP contribution < -0.4 is 4.74 Å². The minimum absolute atomic E-state index is 0.216. The van der Waals surface area contributed by atoms with Gasteiger partial charge in [-0.2, -0.15) is 0 Å². The molecule has 0 unspecified atom stereocenters. The van der Waals surface area contributed by atoms with Crippen LogP contribution in [0, 0.1) is 13.8 Å². The highest BCUT2D eigenvalue weighted by Gasteiger charge is 2.38. The largest absolute Gasteiger partial charge is 0.492 e. The van der Waals surface area contributed by atoms with Crippen LogP contribution in [-0.4, -0.2) is 6.61 Å². The average Bonchev–Trinajstić information content (AvgIpc) is 2.68. The zero-order valence-electron chi connectivity index (χ0n) is 13.6. The van der Waals surface area contributed by atoms with E-state index in [2.05, 4.69) is 50.2 Å². The Bertz CT molecular complexity index is 716. The summed E-state index contributed by atoms with van der Waals surface area (Å²) in [6, 6.07) is 13.6. The van der Waals surface area contributed by atoms with E-state index in [4.69, 9.17) is 4.74 Å². The summed E-state index contributed by atoms with van der Waals surface area (Å²) < 4.78 is 6.28. The van der Waals surface area contributed by atoms with Crippen LogP contribution in [0.25, 0.3) is 0 Å². The molecule has 1 heterocycles. The van der Waals surface area contributed by atoms with Crippen molar-refractivity contribution in [1.29, 1.82) is 0 Å². The molecule has 0 N–H and O–H groups in total. The van der Waals surface area contributed by atoms with Crippen LogP contribution in [0.2, 0.25) is 0 Å². The van der Waals surface area contributed by atoms with Gasteiger partial charge in [0.2, 0.25) is 0 Å². The van der Waals surface area contributed by atoms with Gasteiger partial charge >= 0.3 is 0 Å². The molecule has 1 atom stereocenters. The van der Waals surface area contributed by atoms with Crippen LogP contribution in [-0.2, 0) is 18.3 Å². The van der Waals surface area contributed by atoms with E-state index in [1.165, 1.54) is 42.4 Å². The van der Waals surface area contributed by atoms with Crippen molar-refractivity contribution in [2.24, 2.45) is 0 Å². The maximum absolute atomic E-state index is 6.28. The normalized spacial score (nSPS) is 23.4. The Hall–Kier alpha value is -1.76. The molecule has 0 aromatic heterocycles. The van der Waals surface area contributed by atoms with Crippen molar-refractivity contribution in [2.45, 2.75) is 51.4 Å². The molecule has 4 rings (SSSR count). The van der Waals surface area contributed by atoms with E-state index in [9.17, 15) is 0 Å². The van der Waals surface area contributed by atoms with Crippen molar-refractivity contribution in [3.63, 3.8) is 0 Å². The van der Waals surface area contributed by atoms with Crippen LogP contribution in [0.15, 0.2) is 36.4 Å². The zero-order chi connectivity index (χ0) is 15.2. The van der Waals surface area contributed by atoms with Gasteiger partial charge in [0.1, 0.15) is 5.75 Å². The van der Waals surface area contributed by atoms with E-state index < -0.39 is 0 Å². The maximum atomic E-state index is 6.28. The van der Waals surface area contributed by atoms with Crippen LogP contribution in [0.3, 0.4) is 0 Å². The molecular weight excluding hydrogens is 268 g/mol. The molecule has 0 saturated heterocycles. The lowest BCUT2D eigenvalue weighted by Crippen LogP contribution is -2.36. The predicted octanol–water partition coefficient (Wildman–Crippen LogP) is 4.90. The van der Waals surface area contributed by atoms with Gasteiger partial charge in [-0.05, 0) is 68.7 Å². The molecule has 1 nitrogen and oxygen atoms in total. The fraction of sp³-hybridized carbons (Fsp3) is 0.429. The summed E-state index contributed by atoms with van der Waals surface area (Å²) in [5, 5.41) is 0. The molecule has 2 aliphatic rings. The number of rotatable bonds is 0. The van der Waals surface area contributed by atoms with Crippen molar-refractivity contribution in [1.82, 2.24) is 0 Å². The predicted molar refractivity (Wildman–Crippen MR) is 90.8 cm³/mol. The first-order valence-corrected chi connectivity index (χ1v) is 8.49. The fourth-order valence-electron chi connectivity index (χ4n) is 4.31. The Kier molecular flexibility index (Phi) is 3.25. The average molecular weight is 292 g/mol. The first kappa shape index (κ1) is 13.9. The van der Waals surface area contributed by atoms with Gasteiger partial charge in [0, 0.05) is 5.41 Å². The van der Waals surface area contributed by atoms with Gasteiger partial charge in [0.05, 0.1) is 6.61 Å². The summed E-state index contributed by atoms with van der Waals surface area (Å²) >= 11 is 0. The Morgan fingerprint density at radius 2 is 1.64 bits per heavy atom. The van der Waals surface area contributed by atoms with E-state index in [0.29, 0.717) is 0 Å². The Morgan fingerprint density at radius 3 is 2.50 bits per heavy atom.